The Morgan fingerprint density at radius 1 is 1.03 bits per heavy atom. The molecule has 0 aromatic heterocycles. The lowest BCUT2D eigenvalue weighted by molar-refractivity contribution is -0.169. The predicted octanol–water partition coefficient (Wildman–Crippen LogP) is 6.63. The number of esters is 1. The fourth-order valence-corrected chi connectivity index (χ4v) is 8.25. The molecule has 3 rings (SSSR count). The largest absolute Gasteiger partial charge is 0.435 e. The highest BCUT2D eigenvalue weighted by atomic mass is 31.2. The number of unbranched alkanes of at least 4 members (excludes halogenated alkanes) is 1. The minimum absolute atomic E-state index is 0.0165. The Kier molecular flexibility index (Phi) is 12.2. The zero-order chi connectivity index (χ0) is 28.4. The Morgan fingerprint density at radius 2 is 1.72 bits per heavy atom. The predicted molar refractivity (Wildman–Crippen MR) is 154 cm³/mol. The molecule has 39 heavy (non-hydrogen) atoms. The highest BCUT2D eigenvalue weighted by molar-refractivity contribution is 7.59. The Balaban J connectivity index is 1.73. The third kappa shape index (κ3) is 9.56. The Labute approximate surface area is 234 Å². The second-order valence-electron chi connectivity index (χ2n) is 11.8. The molecule has 1 heterocycles. The zero-order valence-corrected chi connectivity index (χ0v) is 25.2. The molecule has 0 bridgehead atoms. The summed E-state index contributed by atoms with van der Waals surface area (Å²) < 4.78 is 25.8. The van der Waals surface area contributed by atoms with Gasteiger partial charge in [0.15, 0.2) is 5.78 Å². The minimum atomic E-state index is -3.51. The molecule has 0 radical (unpaired) electrons. The molecular weight excluding hydrogens is 513 g/mol. The van der Waals surface area contributed by atoms with Crippen molar-refractivity contribution in [3.63, 3.8) is 0 Å². The quantitative estimate of drug-likeness (QED) is 0.110. The first-order valence-corrected chi connectivity index (χ1v) is 16.9. The molecule has 0 N–H and O–H groups in total. The van der Waals surface area contributed by atoms with E-state index in [-0.39, 0.29) is 36.4 Å². The van der Waals surface area contributed by atoms with Gasteiger partial charge in [0, 0.05) is 25.0 Å². The van der Waals surface area contributed by atoms with Crippen molar-refractivity contribution in [3.05, 3.63) is 35.9 Å². The highest BCUT2D eigenvalue weighted by Crippen LogP contribution is 2.51. The van der Waals surface area contributed by atoms with E-state index < -0.39 is 25.7 Å². The maximum atomic E-state index is 14.3. The van der Waals surface area contributed by atoms with E-state index in [0.29, 0.717) is 31.2 Å². The van der Waals surface area contributed by atoms with Gasteiger partial charge in [-0.15, -0.1) is 0 Å². The van der Waals surface area contributed by atoms with Gasteiger partial charge in [0.25, 0.3) is 0 Å². The van der Waals surface area contributed by atoms with Crippen LogP contribution in [-0.2, 0) is 34.6 Å². The van der Waals surface area contributed by atoms with Crippen LogP contribution in [0.5, 0.6) is 0 Å². The van der Waals surface area contributed by atoms with E-state index in [1.165, 1.54) is 24.8 Å². The van der Waals surface area contributed by atoms with Crippen molar-refractivity contribution in [1.82, 2.24) is 4.90 Å². The van der Waals surface area contributed by atoms with Crippen molar-refractivity contribution in [2.24, 2.45) is 17.8 Å². The fourth-order valence-electron chi connectivity index (χ4n) is 5.95. The lowest BCUT2D eigenvalue weighted by Gasteiger charge is -2.30. The molecule has 1 amide bonds. The van der Waals surface area contributed by atoms with Gasteiger partial charge in [0.1, 0.15) is 6.16 Å². The number of hydrogen-bond donors (Lipinski definition) is 0. The Hall–Kier alpha value is -1.98. The number of carbonyl (C=O) groups is 3. The molecule has 2 aliphatic rings. The molecule has 7 nitrogen and oxygen atoms in total. The summed E-state index contributed by atoms with van der Waals surface area (Å²) in [5, 5.41) is 0. The summed E-state index contributed by atoms with van der Waals surface area (Å²) in [5.41, 5.74) is 1.20. The molecule has 1 aliphatic heterocycles. The van der Waals surface area contributed by atoms with E-state index in [0.717, 1.165) is 25.7 Å². The number of aryl methyl sites for hydroxylation is 1. The number of carbonyl (C=O) groups excluding carboxylic acids is 3. The van der Waals surface area contributed by atoms with Crippen LogP contribution in [0, 0.1) is 17.8 Å². The molecule has 0 spiro atoms. The molecule has 1 aromatic rings. The standard InChI is InChI=1S/C31H48NO6P/c1-5-30(35)37-31(23(2)3)38-39(36,19-13-12-16-25-14-8-6-9-15-25)22-29(34)32-21-27(20-28(32)24(4)33)26-17-10-7-11-18-26/h6,8-9,14-15,23,26-28,31H,5,7,10-13,16-22H2,1-4H3/t27-,28+,31+,39-/m1/s1. The number of amides is 1. The maximum absolute atomic E-state index is 14.3. The van der Waals surface area contributed by atoms with Crippen molar-refractivity contribution in [2.45, 2.75) is 104 Å². The molecule has 218 valence electrons. The molecule has 8 heteroatoms. The average molecular weight is 562 g/mol. The minimum Gasteiger partial charge on any atom is -0.435 e. The molecule has 4 atom stereocenters. The number of likely N-dealkylation sites (tertiary alicyclic amines) is 1. The molecular formula is C31H48NO6P. The van der Waals surface area contributed by atoms with E-state index in [1.807, 2.05) is 32.0 Å². The summed E-state index contributed by atoms with van der Waals surface area (Å²) in [6, 6.07) is 9.65. The van der Waals surface area contributed by atoms with E-state index >= 15 is 0 Å². The van der Waals surface area contributed by atoms with Crippen molar-refractivity contribution in [2.75, 3.05) is 18.9 Å². The number of hydrogen-bond acceptors (Lipinski definition) is 6. The van der Waals surface area contributed by atoms with Gasteiger partial charge in [-0.2, -0.15) is 0 Å². The number of rotatable bonds is 14. The van der Waals surface area contributed by atoms with Crippen molar-refractivity contribution in [3.8, 4) is 0 Å². The molecule has 0 unspecified atom stereocenters. The van der Waals surface area contributed by atoms with E-state index in [9.17, 15) is 18.9 Å². The molecule has 1 aliphatic carbocycles. The summed E-state index contributed by atoms with van der Waals surface area (Å²) in [5.74, 6) is -0.106. The van der Waals surface area contributed by atoms with Crippen LogP contribution in [0.1, 0.15) is 91.0 Å². The highest BCUT2D eigenvalue weighted by Gasteiger charge is 2.43. The fraction of sp³-hybridized carbons (Fsp3) is 0.710. The number of ketones is 1. The van der Waals surface area contributed by atoms with Crippen LogP contribution in [0.4, 0.5) is 0 Å². The van der Waals surface area contributed by atoms with Gasteiger partial charge in [-0.3, -0.25) is 23.5 Å². The average Bonchev–Trinajstić information content (AvgIpc) is 3.38. The lowest BCUT2D eigenvalue weighted by Crippen LogP contribution is -2.41. The van der Waals surface area contributed by atoms with Crippen LogP contribution < -0.4 is 0 Å². The second-order valence-corrected chi connectivity index (χ2v) is 14.4. The summed E-state index contributed by atoms with van der Waals surface area (Å²) in [7, 11) is -3.51. The smallest absolute Gasteiger partial charge is 0.307 e. The summed E-state index contributed by atoms with van der Waals surface area (Å²) in [6.07, 6.45) is 8.08. The Morgan fingerprint density at radius 3 is 2.33 bits per heavy atom. The topological polar surface area (TPSA) is 90.0 Å². The van der Waals surface area contributed by atoms with E-state index in [4.69, 9.17) is 9.26 Å². The van der Waals surface area contributed by atoms with Crippen molar-refractivity contribution < 1.29 is 28.2 Å². The van der Waals surface area contributed by atoms with Crippen LogP contribution in [0.25, 0.3) is 0 Å². The van der Waals surface area contributed by atoms with Gasteiger partial charge < -0.3 is 9.64 Å². The van der Waals surface area contributed by atoms with Crippen LogP contribution in [0.2, 0.25) is 0 Å². The van der Waals surface area contributed by atoms with Crippen LogP contribution >= 0.6 is 7.37 Å². The third-order valence-corrected chi connectivity index (χ3v) is 10.6. The van der Waals surface area contributed by atoms with Gasteiger partial charge in [-0.05, 0) is 50.0 Å². The summed E-state index contributed by atoms with van der Waals surface area (Å²) >= 11 is 0. The van der Waals surface area contributed by atoms with E-state index in [2.05, 4.69) is 12.1 Å². The SMILES string of the molecule is CCC(=O)O[C@@H](O[P@](=O)(CCCCc1ccccc1)CC(=O)N1C[C@H](C2CCCCC2)C[C@H]1C(C)=O)C(C)C. The number of ether oxygens (including phenoxy) is 1. The third-order valence-electron chi connectivity index (χ3n) is 8.25. The van der Waals surface area contributed by atoms with Gasteiger partial charge in [-0.25, -0.2) is 0 Å². The summed E-state index contributed by atoms with van der Waals surface area (Å²) in [6.45, 7) is 7.48. The first kappa shape index (κ1) is 31.5. The van der Waals surface area contributed by atoms with Gasteiger partial charge in [0.05, 0.1) is 6.04 Å². The second kappa shape index (κ2) is 15.1. The van der Waals surface area contributed by atoms with Crippen molar-refractivity contribution in [1.29, 1.82) is 0 Å². The molecule has 2 fully saturated rings. The zero-order valence-electron chi connectivity index (χ0n) is 24.3. The first-order chi connectivity index (χ1) is 18.6. The molecule has 1 saturated carbocycles. The monoisotopic (exact) mass is 561 g/mol. The lowest BCUT2D eigenvalue weighted by atomic mass is 9.79. The van der Waals surface area contributed by atoms with Gasteiger partial charge in [-0.1, -0.05) is 83.2 Å². The normalized spacial score (nSPS) is 22.4. The summed E-state index contributed by atoms with van der Waals surface area (Å²) in [4.78, 5) is 40.0. The number of Topliss-reactive ketones (excluding diaryl/α,β-unsaturated/α-hetero) is 1. The van der Waals surface area contributed by atoms with Gasteiger partial charge in [0.2, 0.25) is 19.6 Å². The van der Waals surface area contributed by atoms with Crippen LogP contribution in [-0.4, -0.2) is 53.8 Å². The number of nitrogens with zero attached hydrogens (tertiary/aromatic N) is 1. The molecule has 1 saturated heterocycles. The number of benzene rings is 1. The molecule has 1 aromatic carbocycles. The Bertz CT molecular complexity index is 990. The maximum Gasteiger partial charge on any atom is 0.307 e. The van der Waals surface area contributed by atoms with Gasteiger partial charge >= 0.3 is 5.97 Å². The van der Waals surface area contributed by atoms with E-state index in [1.54, 1.807) is 18.7 Å². The van der Waals surface area contributed by atoms with Crippen molar-refractivity contribution >= 4 is 25.0 Å². The first-order valence-electron chi connectivity index (χ1n) is 14.9. The van der Waals surface area contributed by atoms with Crippen LogP contribution in [0.15, 0.2) is 30.3 Å². The van der Waals surface area contributed by atoms with Crippen LogP contribution in [0.3, 0.4) is 0 Å².